The Morgan fingerprint density at radius 3 is 2.83 bits per heavy atom. The van der Waals surface area contributed by atoms with Crippen molar-refractivity contribution in [2.24, 2.45) is 5.92 Å². The number of hydrogen-bond donors (Lipinski definition) is 1. The monoisotopic (exact) mass is 247 g/mol. The first kappa shape index (κ1) is 13.1. The molecule has 0 aromatic heterocycles. The Kier molecular flexibility index (Phi) is 3.71. The van der Waals surface area contributed by atoms with Crippen LogP contribution in [0, 0.1) is 19.8 Å². The average molecular weight is 247 g/mol. The highest BCUT2D eigenvalue weighted by atomic mass is 16.3. The van der Waals surface area contributed by atoms with Gasteiger partial charge in [0.1, 0.15) is 0 Å². The third-order valence-electron chi connectivity index (χ3n) is 4.17. The van der Waals surface area contributed by atoms with Gasteiger partial charge in [-0.15, -0.1) is 0 Å². The number of rotatable bonds is 2. The van der Waals surface area contributed by atoms with Gasteiger partial charge in [-0.05, 0) is 43.4 Å². The van der Waals surface area contributed by atoms with E-state index in [4.69, 9.17) is 0 Å². The van der Waals surface area contributed by atoms with E-state index in [2.05, 4.69) is 6.92 Å². The lowest BCUT2D eigenvalue weighted by atomic mass is 10.0. The molecule has 0 bridgehead atoms. The van der Waals surface area contributed by atoms with Crippen LogP contribution in [-0.4, -0.2) is 35.1 Å². The number of aryl methyl sites for hydroxylation is 1. The Morgan fingerprint density at radius 2 is 2.17 bits per heavy atom. The molecule has 2 rings (SSSR count). The van der Waals surface area contributed by atoms with Gasteiger partial charge < -0.3 is 10.0 Å². The molecular formula is C15H21NO2. The highest BCUT2D eigenvalue weighted by Crippen LogP contribution is 2.26. The molecule has 98 valence electrons. The fourth-order valence-electron chi connectivity index (χ4n) is 2.68. The van der Waals surface area contributed by atoms with E-state index in [1.807, 2.05) is 36.9 Å². The molecule has 1 amide bonds. The van der Waals surface area contributed by atoms with Gasteiger partial charge in [-0.2, -0.15) is 0 Å². The van der Waals surface area contributed by atoms with E-state index >= 15 is 0 Å². The molecule has 0 radical (unpaired) electrons. The normalized spacial score (nSPS) is 23.4. The van der Waals surface area contributed by atoms with E-state index < -0.39 is 0 Å². The van der Waals surface area contributed by atoms with Crippen molar-refractivity contribution in [3.63, 3.8) is 0 Å². The van der Waals surface area contributed by atoms with Gasteiger partial charge in [0.25, 0.3) is 5.91 Å². The lowest BCUT2D eigenvalue weighted by molar-refractivity contribution is 0.0647. The van der Waals surface area contributed by atoms with Crippen molar-refractivity contribution >= 4 is 5.91 Å². The molecule has 1 aliphatic rings. The van der Waals surface area contributed by atoms with Crippen LogP contribution in [0.15, 0.2) is 18.2 Å². The minimum Gasteiger partial charge on any atom is -0.394 e. The van der Waals surface area contributed by atoms with Crippen LogP contribution in [-0.2, 0) is 0 Å². The fraction of sp³-hybridized carbons (Fsp3) is 0.533. The molecule has 1 heterocycles. The van der Waals surface area contributed by atoms with Gasteiger partial charge in [0, 0.05) is 12.1 Å². The lowest BCUT2D eigenvalue weighted by Crippen LogP contribution is -2.40. The maximum atomic E-state index is 12.5. The quantitative estimate of drug-likeness (QED) is 0.870. The minimum atomic E-state index is -0.0302. The molecule has 1 aromatic rings. The smallest absolute Gasteiger partial charge is 0.254 e. The molecule has 3 heteroatoms. The number of carbonyl (C=O) groups is 1. The fourth-order valence-corrected chi connectivity index (χ4v) is 2.68. The molecule has 18 heavy (non-hydrogen) atoms. The molecule has 1 aromatic carbocycles. The molecule has 1 N–H and O–H groups in total. The van der Waals surface area contributed by atoms with E-state index in [1.165, 1.54) is 0 Å². The molecule has 0 aliphatic carbocycles. The van der Waals surface area contributed by atoms with Crippen LogP contribution < -0.4 is 0 Å². The third-order valence-corrected chi connectivity index (χ3v) is 4.17. The highest BCUT2D eigenvalue weighted by molar-refractivity contribution is 5.96. The van der Waals surface area contributed by atoms with Crippen LogP contribution in [0.25, 0.3) is 0 Å². The molecule has 0 spiro atoms. The Labute approximate surface area is 108 Å². The molecule has 1 aliphatic heterocycles. The van der Waals surface area contributed by atoms with Crippen LogP contribution in [0.2, 0.25) is 0 Å². The largest absolute Gasteiger partial charge is 0.394 e. The van der Waals surface area contributed by atoms with Crippen molar-refractivity contribution in [3.05, 3.63) is 34.9 Å². The van der Waals surface area contributed by atoms with Gasteiger partial charge in [-0.3, -0.25) is 4.79 Å². The molecule has 2 unspecified atom stereocenters. The van der Waals surface area contributed by atoms with Gasteiger partial charge in [0.15, 0.2) is 0 Å². The van der Waals surface area contributed by atoms with Crippen molar-refractivity contribution < 1.29 is 9.90 Å². The predicted molar refractivity (Wildman–Crippen MR) is 71.6 cm³/mol. The van der Waals surface area contributed by atoms with Crippen molar-refractivity contribution in [2.45, 2.75) is 33.2 Å². The number of aliphatic hydroxyl groups is 1. The Morgan fingerprint density at radius 1 is 1.44 bits per heavy atom. The topological polar surface area (TPSA) is 40.5 Å². The van der Waals surface area contributed by atoms with E-state index in [0.29, 0.717) is 5.92 Å². The summed E-state index contributed by atoms with van der Waals surface area (Å²) < 4.78 is 0. The first-order valence-electron chi connectivity index (χ1n) is 6.54. The van der Waals surface area contributed by atoms with Gasteiger partial charge in [0.2, 0.25) is 0 Å². The Bertz CT molecular complexity index is 456. The maximum absolute atomic E-state index is 12.5. The standard InChI is InChI=1S/C15H21NO2/c1-10-5-4-6-13(12(10)3)15(18)16-8-7-11(2)14(16)9-17/h4-6,11,14,17H,7-9H2,1-3H3. The summed E-state index contributed by atoms with van der Waals surface area (Å²) in [5.74, 6) is 0.434. The zero-order valence-electron chi connectivity index (χ0n) is 11.3. The van der Waals surface area contributed by atoms with Gasteiger partial charge in [0.05, 0.1) is 12.6 Å². The number of aliphatic hydroxyl groups excluding tert-OH is 1. The Hall–Kier alpha value is -1.35. The van der Waals surface area contributed by atoms with Crippen LogP contribution in [0.1, 0.15) is 34.8 Å². The summed E-state index contributed by atoms with van der Waals surface area (Å²) in [5, 5.41) is 9.43. The van der Waals surface area contributed by atoms with Gasteiger partial charge in [-0.1, -0.05) is 19.1 Å². The molecule has 0 saturated carbocycles. The van der Waals surface area contributed by atoms with E-state index in [1.54, 1.807) is 0 Å². The second-order valence-corrected chi connectivity index (χ2v) is 5.26. The first-order valence-corrected chi connectivity index (χ1v) is 6.54. The van der Waals surface area contributed by atoms with Crippen LogP contribution >= 0.6 is 0 Å². The third kappa shape index (κ3) is 2.15. The van der Waals surface area contributed by atoms with Crippen molar-refractivity contribution in [3.8, 4) is 0 Å². The van der Waals surface area contributed by atoms with Crippen LogP contribution in [0.4, 0.5) is 0 Å². The number of carbonyl (C=O) groups excluding carboxylic acids is 1. The minimum absolute atomic E-state index is 0.0302. The van der Waals surface area contributed by atoms with Gasteiger partial charge in [-0.25, -0.2) is 0 Å². The number of hydrogen-bond acceptors (Lipinski definition) is 2. The highest BCUT2D eigenvalue weighted by Gasteiger charge is 2.34. The zero-order valence-corrected chi connectivity index (χ0v) is 11.3. The number of benzene rings is 1. The first-order chi connectivity index (χ1) is 8.56. The summed E-state index contributed by atoms with van der Waals surface area (Å²) in [6.45, 7) is 6.89. The van der Waals surface area contributed by atoms with Crippen molar-refractivity contribution in [2.75, 3.05) is 13.2 Å². The molecule has 3 nitrogen and oxygen atoms in total. The summed E-state index contributed by atoms with van der Waals surface area (Å²) in [4.78, 5) is 14.4. The van der Waals surface area contributed by atoms with Crippen LogP contribution in [0.5, 0.6) is 0 Å². The van der Waals surface area contributed by atoms with Crippen molar-refractivity contribution in [1.82, 2.24) is 4.90 Å². The second kappa shape index (κ2) is 5.11. The molecule has 1 saturated heterocycles. The number of amides is 1. The van der Waals surface area contributed by atoms with Crippen molar-refractivity contribution in [1.29, 1.82) is 0 Å². The van der Waals surface area contributed by atoms with E-state index in [9.17, 15) is 9.90 Å². The summed E-state index contributed by atoms with van der Waals surface area (Å²) in [5.41, 5.74) is 2.94. The zero-order chi connectivity index (χ0) is 13.3. The lowest BCUT2D eigenvalue weighted by Gasteiger charge is -2.26. The second-order valence-electron chi connectivity index (χ2n) is 5.26. The van der Waals surface area contributed by atoms with E-state index in [-0.39, 0.29) is 18.6 Å². The number of likely N-dealkylation sites (tertiary alicyclic amines) is 1. The number of nitrogens with zero attached hydrogens (tertiary/aromatic N) is 1. The SMILES string of the molecule is Cc1cccc(C(=O)N2CCC(C)C2CO)c1C. The molecule has 2 atom stereocenters. The summed E-state index contributed by atoms with van der Waals surface area (Å²) >= 11 is 0. The van der Waals surface area contributed by atoms with Crippen LogP contribution in [0.3, 0.4) is 0 Å². The Balaban J connectivity index is 2.29. The summed E-state index contributed by atoms with van der Waals surface area (Å²) in [6.07, 6.45) is 0.974. The molecule has 1 fully saturated rings. The average Bonchev–Trinajstić information content (AvgIpc) is 2.73. The van der Waals surface area contributed by atoms with Gasteiger partial charge >= 0.3 is 0 Å². The summed E-state index contributed by atoms with van der Waals surface area (Å²) in [7, 11) is 0. The predicted octanol–water partition coefficient (Wildman–Crippen LogP) is 2.15. The molecular weight excluding hydrogens is 226 g/mol. The summed E-state index contributed by atoms with van der Waals surface area (Å²) in [6, 6.07) is 5.78. The van der Waals surface area contributed by atoms with E-state index in [0.717, 1.165) is 29.7 Å². The maximum Gasteiger partial charge on any atom is 0.254 e.